The Bertz CT molecular complexity index is 170. The fraction of sp³-hybridized carbons (Fsp3) is 1.00. The van der Waals surface area contributed by atoms with Gasteiger partial charge in [-0.05, 0) is 12.8 Å². The number of nitrogens with zero attached hydrogens (tertiary/aromatic N) is 1. The van der Waals surface area contributed by atoms with Crippen LogP contribution in [0.15, 0.2) is 0 Å². The summed E-state index contributed by atoms with van der Waals surface area (Å²) >= 11 is 2.13. The topological polar surface area (TPSA) is 15.3 Å². The van der Waals surface area contributed by atoms with Crippen molar-refractivity contribution in [2.24, 2.45) is 5.92 Å². The van der Waals surface area contributed by atoms with E-state index in [1.165, 1.54) is 31.9 Å². The highest BCUT2D eigenvalue weighted by atomic mass is 32.2. The molecule has 0 spiro atoms. The van der Waals surface area contributed by atoms with E-state index in [1.54, 1.807) is 0 Å². The molecule has 0 aromatic carbocycles. The van der Waals surface area contributed by atoms with Crippen molar-refractivity contribution in [3.63, 3.8) is 0 Å². The second-order valence-electron chi connectivity index (χ2n) is 4.34. The van der Waals surface area contributed by atoms with Crippen LogP contribution >= 0.6 is 11.8 Å². The molecule has 13 heavy (non-hydrogen) atoms. The molecule has 0 amide bonds. The number of thioether (sulfide) groups is 1. The molecule has 0 aliphatic carbocycles. The SMILES string of the molecule is CC1SCCN(CC2CNC2)C1C. The first kappa shape index (κ1) is 9.81. The van der Waals surface area contributed by atoms with Gasteiger partial charge in [0.1, 0.15) is 0 Å². The summed E-state index contributed by atoms with van der Waals surface area (Å²) in [5.41, 5.74) is 0. The van der Waals surface area contributed by atoms with Crippen LogP contribution in [0.4, 0.5) is 0 Å². The van der Waals surface area contributed by atoms with Crippen molar-refractivity contribution in [3.8, 4) is 0 Å². The fourth-order valence-electron chi connectivity index (χ4n) is 2.06. The lowest BCUT2D eigenvalue weighted by molar-refractivity contribution is 0.154. The van der Waals surface area contributed by atoms with E-state index in [0.717, 1.165) is 17.2 Å². The van der Waals surface area contributed by atoms with E-state index in [-0.39, 0.29) is 0 Å². The molecule has 76 valence electrons. The van der Waals surface area contributed by atoms with Crippen LogP contribution in [0.2, 0.25) is 0 Å². The first-order valence-corrected chi connectivity index (χ1v) is 6.38. The highest BCUT2D eigenvalue weighted by Crippen LogP contribution is 2.25. The minimum Gasteiger partial charge on any atom is -0.316 e. The highest BCUT2D eigenvalue weighted by Gasteiger charge is 2.28. The molecule has 2 rings (SSSR count). The molecule has 1 N–H and O–H groups in total. The second kappa shape index (κ2) is 4.20. The van der Waals surface area contributed by atoms with Gasteiger partial charge in [0.2, 0.25) is 0 Å². The third kappa shape index (κ3) is 2.20. The normalized spacial score (nSPS) is 37.4. The Kier molecular flexibility index (Phi) is 3.17. The van der Waals surface area contributed by atoms with E-state index in [0.29, 0.717) is 0 Å². The highest BCUT2D eigenvalue weighted by molar-refractivity contribution is 8.00. The van der Waals surface area contributed by atoms with E-state index in [1.807, 2.05) is 0 Å². The average Bonchev–Trinajstić information content (AvgIpc) is 2.04. The maximum Gasteiger partial charge on any atom is 0.0184 e. The van der Waals surface area contributed by atoms with Gasteiger partial charge in [0.25, 0.3) is 0 Å². The average molecular weight is 200 g/mol. The van der Waals surface area contributed by atoms with Crippen LogP contribution in [-0.2, 0) is 0 Å². The fourth-order valence-corrected chi connectivity index (χ4v) is 3.22. The summed E-state index contributed by atoms with van der Waals surface area (Å²) in [5.74, 6) is 2.25. The Morgan fingerprint density at radius 1 is 1.38 bits per heavy atom. The molecule has 3 heteroatoms. The lowest BCUT2D eigenvalue weighted by Gasteiger charge is -2.41. The first-order valence-electron chi connectivity index (χ1n) is 5.33. The molecule has 2 aliphatic heterocycles. The van der Waals surface area contributed by atoms with E-state index < -0.39 is 0 Å². The lowest BCUT2D eigenvalue weighted by atomic mass is 10.0. The molecular formula is C10H20N2S. The standard InChI is InChI=1S/C10H20N2S/c1-8-9(2)13-4-3-12(8)7-10-5-11-6-10/h8-11H,3-7H2,1-2H3. The van der Waals surface area contributed by atoms with Gasteiger partial charge in [-0.2, -0.15) is 11.8 Å². The number of rotatable bonds is 2. The van der Waals surface area contributed by atoms with Crippen molar-refractivity contribution in [2.75, 3.05) is 31.9 Å². The summed E-state index contributed by atoms with van der Waals surface area (Å²) in [6, 6.07) is 0.777. The molecule has 2 fully saturated rings. The second-order valence-corrected chi connectivity index (χ2v) is 5.82. The van der Waals surface area contributed by atoms with Gasteiger partial charge in [0.05, 0.1) is 0 Å². The van der Waals surface area contributed by atoms with E-state index in [2.05, 4.69) is 35.8 Å². The molecule has 2 heterocycles. The van der Waals surface area contributed by atoms with Crippen molar-refractivity contribution < 1.29 is 0 Å². The predicted molar refractivity (Wildman–Crippen MR) is 59.3 cm³/mol. The van der Waals surface area contributed by atoms with E-state index >= 15 is 0 Å². The summed E-state index contributed by atoms with van der Waals surface area (Å²) in [7, 11) is 0. The summed E-state index contributed by atoms with van der Waals surface area (Å²) in [5, 5.41) is 4.17. The maximum absolute atomic E-state index is 3.34. The smallest absolute Gasteiger partial charge is 0.0184 e. The van der Waals surface area contributed by atoms with Crippen molar-refractivity contribution in [3.05, 3.63) is 0 Å². The molecule has 0 aromatic rings. The number of nitrogens with one attached hydrogen (secondary N) is 1. The van der Waals surface area contributed by atoms with Crippen LogP contribution in [-0.4, -0.2) is 48.1 Å². The van der Waals surface area contributed by atoms with Crippen LogP contribution < -0.4 is 5.32 Å². The lowest BCUT2D eigenvalue weighted by Crippen LogP contribution is -2.53. The molecule has 0 aromatic heterocycles. The van der Waals surface area contributed by atoms with Gasteiger partial charge in [-0.3, -0.25) is 4.90 Å². The Hall–Kier alpha value is 0.270. The minimum atomic E-state index is 0.777. The number of hydrogen-bond donors (Lipinski definition) is 1. The first-order chi connectivity index (χ1) is 6.27. The summed E-state index contributed by atoms with van der Waals surface area (Å²) < 4.78 is 0. The van der Waals surface area contributed by atoms with Crippen LogP contribution in [0, 0.1) is 5.92 Å². The maximum atomic E-state index is 3.34. The van der Waals surface area contributed by atoms with E-state index in [4.69, 9.17) is 0 Å². The minimum absolute atomic E-state index is 0.777. The Morgan fingerprint density at radius 2 is 2.15 bits per heavy atom. The number of hydrogen-bond acceptors (Lipinski definition) is 3. The van der Waals surface area contributed by atoms with Gasteiger partial charge in [0, 0.05) is 43.2 Å². The van der Waals surface area contributed by atoms with Crippen LogP contribution in [0.5, 0.6) is 0 Å². The van der Waals surface area contributed by atoms with Crippen molar-refractivity contribution in [1.82, 2.24) is 10.2 Å². The zero-order chi connectivity index (χ0) is 9.26. The van der Waals surface area contributed by atoms with Gasteiger partial charge >= 0.3 is 0 Å². The van der Waals surface area contributed by atoms with Gasteiger partial charge < -0.3 is 5.32 Å². The molecular weight excluding hydrogens is 180 g/mol. The molecule has 2 nitrogen and oxygen atoms in total. The summed E-state index contributed by atoms with van der Waals surface area (Å²) in [6.07, 6.45) is 0. The molecule has 2 saturated heterocycles. The Balaban J connectivity index is 1.82. The molecule has 2 unspecified atom stereocenters. The zero-order valence-corrected chi connectivity index (χ0v) is 9.44. The summed E-state index contributed by atoms with van der Waals surface area (Å²) in [4.78, 5) is 2.67. The molecule has 0 bridgehead atoms. The van der Waals surface area contributed by atoms with E-state index in [9.17, 15) is 0 Å². The monoisotopic (exact) mass is 200 g/mol. The van der Waals surface area contributed by atoms with Gasteiger partial charge in [-0.15, -0.1) is 0 Å². The Morgan fingerprint density at radius 3 is 2.77 bits per heavy atom. The van der Waals surface area contributed by atoms with Gasteiger partial charge in [-0.1, -0.05) is 6.92 Å². The van der Waals surface area contributed by atoms with Crippen LogP contribution in [0.3, 0.4) is 0 Å². The molecule has 0 saturated carbocycles. The molecule has 2 atom stereocenters. The molecule has 0 radical (unpaired) electrons. The van der Waals surface area contributed by atoms with Crippen molar-refractivity contribution in [2.45, 2.75) is 25.1 Å². The van der Waals surface area contributed by atoms with Gasteiger partial charge in [0.15, 0.2) is 0 Å². The Labute approximate surface area is 85.4 Å². The largest absolute Gasteiger partial charge is 0.316 e. The van der Waals surface area contributed by atoms with Crippen molar-refractivity contribution in [1.29, 1.82) is 0 Å². The third-order valence-corrected chi connectivity index (χ3v) is 4.71. The van der Waals surface area contributed by atoms with Gasteiger partial charge in [-0.25, -0.2) is 0 Å². The molecule has 2 aliphatic rings. The van der Waals surface area contributed by atoms with Crippen LogP contribution in [0.1, 0.15) is 13.8 Å². The van der Waals surface area contributed by atoms with Crippen molar-refractivity contribution >= 4 is 11.8 Å². The zero-order valence-electron chi connectivity index (χ0n) is 8.62. The quantitative estimate of drug-likeness (QED) is 0.717. The van der Waals surface area contributed by atoms with Crippen LogP contribution in [0.25, 0.3) is 0 Å². The predicted octanol–water partition coefficient (Wildman–Crippen LogP) is 1.03. The summed E-state index contributed by atoms with van der Waals surface area (Å²) in [6.45, 7) is 9.84. The third-order valence-electron chi connectivity index (χ3n) is 3.37.